The van der Waals surface area contributed by atoms with Crippen molar-refractivity contribution in [2.75, 3.05) is 39.3 Å². The molecule has 2 aliphatic heterocycles. The topological polar surface area (TPSA) is 55.8 Å². The first-order valence-electron chi connectivity index (χ1n) is 5.69. The molecule has 2 rings (SSSR count). The summed E-state index contributed by atoms with van der Waals surface area (Å²) in [7, 11) is 0. The standard InChI is InChI=1S/C10H19N3O2/c14-8-9-2-1-4-12(9)6-7-13-5-3-11-10(13)15/h9,14H,1-8H2,(H,11,15). The zero-order valence-corrected chi connectivity index (χ0v) is 8.98. The van der Waals surface area contributed by atoms with Crippen LogP contribution in [0.4, 0.5) is 4.79 Å². The van der Waals surface area contributed by atoms with Gasteiger partial charge in [0.2, 0.25) is 0 Å². The van der Waals surface area contributed by atoms with Crippen LogP contribution in [-0.4, -0.2) is 66.3 Å². The highest BCUT2D eigenvalue weighted by Gasteiger charge is 2.25. The molecule has 5 heteroatoms. The van der Waals surface area contributed by atoms with Crippen LogP contribution < -0.4 is 5.32 Å². The number of amides is 2. The monoisotopic (exact) mass is 213 g/mol. The first-order valence-corrected chi connectivity index (χ1v) is 5.69. The first kappa shape index (κ1) is 10.7. The Balaban J connectivity index is 1.75. The summed E-state index contributed by atoms with van der Waals surface area (Å²) in [5.74, 6) is 0. The smallest absolute Gasteiger partial charge is 0.317 e. The molecular formula is C10H19N3O2. The van der Waals surface area contributed by atoms with E-state index in [2.05, 4.69) is 10.2 Å². The Morgan fingerprint density at radius 3 is 2.93 bits per heavy atom. The lowest BCUT2D eigenvalue weighted by atomic mass is 10.2. The molecule has 0 aromatic heterocycles. The van der Waals surface area contributed by atoms with E-state index in [4.69, 9.17) is 5.11 Å². The van der Waals surface area contributed by atoms with Crippen molar-refractivity contribution in [2.45, 2.75) is 18.9 Å². The van der Waals surface area contributed by atoms with Gasteiger partial charge in [-0.25, -0.2) is 4.79 Å². The Bertz CT molecular complexity index is 235. The van der Waals surface area contributed by atoms with Crippen molar-refractivity contribution in [3.63, 3.8) is 0 Å². The Morgan fingerprint density at radius 2 is 2.27 bits per heavy atom. The van der Waals surface area contributed by atoms with Gasteiger partial charge in [-0.05, 0) is 19.4 Å². The van der Waals surface area contributed by atoms with Crippen LogP contribution in [-0.2, 0) is 0 Å². The van der Waals surface area contributed by atoms with E-state index < -0.39 is 0 Å². The van der Waals surface area contributed by atoms with E-state index in [1.807, 2.05) is 4.90 Å². The van der Waals surface area contributed by atoms with E-state index in [0.29, 0.717) is 6.04 Å². The summed E-state index contributed by atoms with van der Waals surface area (Å²) in [5.41, 5.74) is 0. The van der Waals surface area contributed by atoms with Gasteiger partial charge in [0.15, 0.2) is 0 Å². The maximum Gasteiger partial charge on any atom is 0.317 e. The molecule has 2 heterocycles. The summed E-state index contributed by atoms with van der Waals surface area (Å²) in [6, 6.07) is 0.366. The lowest BCUT2D eigenvalue weighted by molar-refractivity contribution is 0.147. The molecule has 5 nitrogen and oxygen atoms in total. The third-order valence-corrected chi connectivity index (χ3v) is 3.31. The highest BCUT2D eigenvalue weighted by atomic mass is 16.3. The minimum Gasteiger partial charge on any atom is -0.395 e. The van der Waals surface area contributed by atoms with Crippen LogP contribution >= 0.6 is 0 Å². The second-order valence-corrected chi connectivity index (χ2v) is 4.23. The second-order valence-electron chi connectivity index (χ2n) is 4.23. The van der Waals surface area contributed by atoms with Gasteiger partial charge in [-0.15, -0.1) is 0 Å². The number of hydrogen-bond acceptors (Lipinski definition) is 3. The summed E-state index contributed by atoms with van der Waals surface area (Å²) in [6.07, 6.45) is 2.25. The number of carbonyl (C=O) groups is 1. The summed E-state index contributed by atoms with van der Waals surface area (Å²) in [6.45, 7) is 4.55. The Morgan fingerprint density at radius 1 is 1.40 bits per heavy atom. The highest BCUT2D eigenvalue weighted by molar-refractivity contribution is 5.76. The molecule has 0 saturated carbocycles. The molecule has 2 N–H and O–H groups in total. The van der Waals surface area contributed by atoms with Crippen molar-refractivity contribution in [2.24, 2.45) is 0 Å². The van der Waals surface area contributed by atoms with Gasteiger partial charge in [0, 0.05) is 32.2 Å². The molecule has 2 saturated heterocycles. The van der Waals surface area contributed by atoms with Gasteiger partial charge in [-0.3, -0.25) is 4.90 Å². The predicted molar refractivity (Wildman–Crippen MR) is 56.7 cm³/mol. The molecule has 0 aliphatic carbocycles. The normalized spacial score (nSPS) is 27.4. The quantitative estimate of drug-likeness (QED) is 0.660. The number of rotatable bonds is 4. The van der Waals surface area contributed by atoms with Gasteiger partial charge < -0.3 is 15.3 Å². The van der Waals surface area contributed by atoms with Crippen LogP contribution in [0.15, 0.2) is 0 Å². The molecular weight excluding hydrogens is 194 g/mol. The lowest BCUT2D eigenvalue weighted by Crippen LogP contribution is -2.40. The van der Waals surface area contributed by atoms with Crippen LogP contribution in [0.3, 0.4) is 0 Å². The maximum absolute atomic E-state index is 11.3. The van der Waals surface area contributed by atoms with Crippen LogP contribution in [0.2, 0.25) is 0 Å². The van der Waals surface area contributed by atoms with E-state index in [0.717, 1.165) is 45.6 Å². The molecule has 1 unspecified atom stereocenters. The molecule has 2 amide bonds. The fourth-order valence-corrected chi connectivity index (χ4v) is 2.37. The molecule has 0 radical (unpaired) electrons. The average molecular weight is 213 g/mol. The fraction of sp³-hybridized carbons (Fsp3) is 0.900. The third kappa shape index (κ3) is 2.41. The van der Waals surface area contributed by atoms with Gasteiger partial charge >= 0.3 is 6.03 Å². The number of aliphatic hydroxyl groups excluding tert-OH is 1. The summed E-state index contributed by atoms with van der Waals surface area (Å²) < 4.78 is 0. The molecule has 86 valence electrons. The number of hydrogen-bond donors (Lipinski definition) is 2. The maximum atomic E-state index is 11.3. The Hall–Kier alpha value is -0.810. The fourth-order valence-electron chi connectivity index (χ4n) is 2.37. The number of urea groups is 1. The average Bonchev–Trinajstić information content (AvgIpc) is 2.83. The van der Waals surface area contributed by atoms with Crippen LogP contribution in [0, 0.1) is 0 Å². The molecule has 0 spiro atoms. The summed E-state index contributed by atoms with van der Waals surface area (Å²) >= 11 is 0. The zero-order valence-electron chi connectivity index (χ0n) is 8.98. The predicted octanol–water partition coefficient (Wildman–Crippen LogP) is -0.532. The van der Waals surface area contributed by atoms with E-state index in [-0.39, 0.29) is 12.6 Å². The van der Waals surface area contributed by atoms with Gasteiger partial charge in [0.05, 0.1) is 6.61 Å². The highest BCUT2D eigenvalue weighted by Crippen LogP contribution is 2.16. The van der Waals surface area contributed by atoms with Gasteiger partial charge in [-0.2, -0.15) is 0 Å². The minimum atomic E-state index is 0.0507. The molecule has 1 atom stereocenters. The minimum absolute atomic E-state index is 0.0507. The van der Waals surface area contributed by atoms with Crippen molar-refractivity contribution < 1.29 is 9.90 Å². The van der Waals surface area contributed by atoms with Crippen molar-refractivity contribution >= 4 is 6.03 Å². The van der Waals surface area contributed by atoms with Crippen LogP contribution in [0.25, 0.3) is 0 Å². The third-order valence-electron chi connectivity index (χ3n) is 3.31. The first-order chi connectivity index (χ1) is 7.31. The molecule has 0 aromatic carbocycles. The van der Waals surface area contributed by atoms with Gasteiger partial charge in [-0.1, -0.05) is 0 Å². The lowest BCUT2D eigenvalue weighted by Gasteiger charge is -2.25. The number of likely N-dealkylation sites (tertiary alicyclic amines) is 1. The number of nitrogens with zero attached hydrogens (tertiary/aromatic N) is 2. The summed E-state index contributed by atoms with van der Waals surface area (Å²) in [5, 5.41) is 11.9. The zero-order chi connectivity index (χ0) is 10.7. The molecule has 2 aliphatic rings. The molecule has 0 aromatic rings. The molecule has 0 bridgehead atoms. The Labute approximate surface area is 90.0 Å². The van der Waals surface area contributed by atoms with Crippen molar-refractivity contribution in [3.05, 3.63) is 0 Å². The summed E-state index contributed by atoms with van der Waals surface area (Å²) in [4.78, 5) is 15.4. The molecule has 2 fully saturated rings. The SMILES string of the molecule is O=C1NCCN1CCN1CCCC1CO. The number of nitrogens with one attached hydrogen (secondary N) is 1. The Kier molecular flexibility index (Phi) is 3.43. The van der Waals surface area contributed by atoms with Crippen LogP contribution in [0.1, 0.15) is 12.8 Å². The van der Waals surface area contributed by atoms with E-state index >= 15 is 0 Å². The van der Waals surface area contributed by atoms with Crippen molar-refractivity contribution in [3.8, 4) is 0 Å². The van der Waals surface area contributed by atoms with Gasteiger partial charge in [0.25, 0.3) is 0 Å². The van der Waals surface area contributed by atoms with Crippen molar-refractivity contribution in [1.29, 1.82) is 0 Å². The van der Waals surface area contributed by atoms with Gasteiger partial charge in [0.1, 0.15) is 0 Å². The van der Waals surface area contributed by atoms with E-state index in [1.165, 1.54) is 0 Å². The van der Waals surface area contributed by atoms with Crippen molar-refractivity contribution in [1.82, 2.24) is 15.1 Å². The number of carbonyl (C=O) groups excluding carboxylic acids is 1. The van der Waals surface area contributed by atoms with E-state index in [1.54, 1.807) is 0 Å². The second kappa shape index (κ2) is 4.81. The molecule has 15 heavy (non-hydrogen) atoms. The van der Waals surface area contributed by atoms with E-state index in [9.17, 15) is 4.79 Å². The number of aliphatic hydroxyl groups is 1. The van der Waals surface area contributed by atoms with Crippen LogP contribution in [0.5, 0.6) is 0 Å². The largest absolute Gasteiger partial charge is 0.395 e.